The maximum atomic E-state index is 11.8. The van der Waals surface area contributed by atoms with Crippen LogP contribution in [0.1, 0.15) is 29.8 Å². The lowest BCUT2D eigenvalue weighted by molar-refractivity contribution is 0.0526. The number of hydrogen-bond acceptors (Lipinski definition) is 4. The Kier molecular flexibility index (Phi) is 7.22. The molecule has 0 fully saturated rings. The zero-order valence-corrected chi connectivity index (χ0v) is 15.2. The fourth-order valence-corrected chi connectivity index (χ4v) is 2.36. The van der Waals surface area contributed by atoms with Gasteiger partial charge in [-0.25, -0.2) is 4.79 Å². The summed E-state index contributed by atoms with van der Waals surface area (Å²) in [4.78, 5) is 11.8. The van der Waals surface area contributed by atoms with Gasteiger partial charge in [-0.1, -0.05) is 18.2 Å². The zero-order chi connectivity index (χ0) is 18.1. The molecule has 6 heteroatoms. The molecular formula is C19H22N2O3S. The highest BCUT2D eigenvalue weighted by molar-refractivity contribution is 7.80. The second-order valence-electron chi connectivity index (χ2n) is 5.19. The largest absolute Gasteiger partial charge is 0.494 e. The van der Waals surface area contributed by atoms with Crippen LogP contribution in [0.2, 0.25) is 0 Å². The second-order valence-corrected chi connectivity index (χ2v) is 5.59. The fourth-order valence-electron chi connectivity index (χ4n) is 2.17. The summed E-state index contributed by atoms with van der Waals surface area (Å²) in [5.41, 5.74) is 2.31. The fraction of sp³-hybridized carbons (Fsp3) is 0.263. The molecule has 0 unspecified atom stereocenters. The van der Waals surface area contributed by atoms with Crippen molar-refractivity contribution in [3.8, 4) is 5.75 Å². The average molecular weight is 358 g/mol. The van der Waals surface area contributed by atoms with Crippen LogP contribution in [0, 0.1) is 0 Å². The Morgan fingerprint density at radius 3 is 2.52 bits per heavy atom. The van der Waals surface area contributed by atoms with Crippen molar-refractivity contribution in [2.75, 3.05) is 18.5 Å². The smallest absolute Gasteiger partial charge is 0.338 e. The summed E-state index contributed by atoms with van der Waals surface area (Å²) in [6.45, 7) is 5.32. The predicted octanol–water partition coefficient (Wildman–Crippen LogP) is 3.75. The molecule has 0 aliphatic rings. The van der Waals surface area contributed by atoms with Crippen LogP contribution in [0.4, 0.5) is 5.69 Å². The number of ether oxygens (including phenoxy) is 2. The van der Waals surface area contributed by atoms with Crippen molar-refractivity contribution in [3.05, 3.63) is 59.7 Å². The first-order valence-corrected chi connectivity index (χ1v) is 8.57. The van der Waals surface area contributed by atoms with Crippen LogP contribution in [0.5, 0.6) is 5.75 Å². The summed E-state index contributed by atoms with van der Waals surface area (Å²) in [7, 11) is 0. The van der Waals surface area contributed by atoms with E-state index in [0.717, 1.165) is 17.0 Å². The quantitative estimate of drug-likeness (QED) is 0.581. The summed E-state index contributed by atoms with van der Waals surface area (Å²) < 4.78 is 10.4. The van der Waals surface area contributed by atoms with Gasteiger partial charge < -0.3 is 20.1 Å². The summed E-state index contributed by atoms with van der Waals surface area (Å²) in [6.07, 6.45) is 0. The number of esters is 1. The number of hydrogen-bond donors (Lipinski definition) is 2. The van der Waals surface area contributed by atoms with Crippen molar-refractivity contribution >= 4 is 29.0 Å². The van der Waals surface area contributed by atoms with Gasteiger partial charge in [0.05, 0.1) is 18.8 Å². The standard InChI is InChI=1S/C19H22N2O3S/c1-3-23-17-10-8-14(9-11-17)13-20-19(25)21-16-7-5-6-15(12-16)18(22)24-4-2/h5-12H,3-4,13H2,1-2H3,(H2,20,21,25). The number of nitrogens with one attached hydrogen (secondary N) is 2. The van der Waals surface area contributed by atoms with Gasteiger partial charge in [0.2, 0.25) is 0 Å². The lowest BCUT2D eigenvalue weighted by Crippen LogP contribution is -2.27. The Balaban J connectivity index is 1.87. The molecule has 2 aromatic carbocycles. The third-order valence-corrected chi connectivity index (χ3v) is 3.57. The van der Waals surface area contributed by atoms with Crippen LogP contribution in [0.15, 0.2) is 48.5 Å². The number of carbonyl (C=O) groups excluding carboxylic acids is 1. The van der Waals surface area contributed by atoms with Gasteiger partial charge in [-0.3, -0.25) is 0 Å². The molecule has 0 heterocycles. The van der Waals surface area contributed by atoms with E-state index in [0.29, 0.717) is 30.4 Å². The molecule has 2 N–H and O–H groups in total. The van der Waals surface area contributed by atoms with Gasteiger partial charge in [-0.2, -0.15) is 0 Å². The summed E-state index contributed by atoms with van der Waals surface area (Å²) >= 11 is 5.30. The van der Waals surface area contributed by atoms with Crippen LogP contribution in [-0.2, 0) is 11.3 Å². The molecule has 0 aliphatic carbocycles. The van der Waals surface area contributed by atoms with Crippen molar-refractivity contribution in [1.29, 1.82) is 0 Å². The zero-order valence-electron chi connectivity index (χ0n) is 14.4. The highest BCUT2D eigenvalue weighted by atomic mass is 32.1. The molecule has 2 rings (SSSR count). The van der Waals surface area contributed by atoms with Gasteiger partial charge in [-0.05, 0) is 62.0 Å². The number of benzene rings is 2. The Labute approximate surface area is 153 Å². The van der Waals surface area contributed by atoms with Crippen molar-refractivity contribution < 1.29 is 14.3 Å². The minimum atomic E-state index is -0.348. The van der Waals surface area contributed by atoms with E-state index in [-0.39, 0.29) is 5.97 Å². The van der Waals surface area contributed by atoms with Gasteiger partial charge >= 0.3 is 5.97 Å². The van der Waals surface area contributed by atoms with Crippen molar-refractivity contribution in [3.63, 3.8) is 0 Å². The van der Waals surface area contributed by atoms with Crippen molar-refractivity contribution in [2.45, 2.75) is 20.4 Å². The van der Waals surface area contributed by atoms with Crippen LogP contribution in [0.25, 0.3) is 0 Å². The predicted molar refractivity (Wildman–Crippen MR) is 103 cm³/mol. The molecule has 0 aliphatic heterocycles. The third kappa shape index (κ3) is 6.08. The Hall–Kier alpha value is -2.60. The molecule has 25 heavy (non-hydrogen) atoms. The van der Waals surface area contributed by atoms with E-state index >= 15 is 0 Å². The molecule has 0 saturated heterocycles. The monoisotopic (exact) mass is 358 g/mol. The van der Waals surface area contributed by atoms with E-state index in [1.54, 1.807) is 25.1 Å². The van der Waals surface area contributed by atoms with Crippen molar-refractivity contribution in [1.82, 2.24) is 5.32 Å². The molecule has 5 nitrogen and oxygen atoms in total. The van der Waals surface area contributed by atoms with Gasteiger partial charge in [0.1, 0.15) is 5.75 Å². The second kappa shape index (κ2) is 9.64. The number of carbonyl (C=O) groups is 1. The maximum absolute atomic E-state index is 11.8. The van der Waals surface area contributed by atoms with Crippen molar-refractivity contribution in [2.24, 2.45) is 0 Å². The maximum Gasteiger partial charge on any atom is 0.338 e. The number of rotatable bonds is 7. The third-order valence-electron chi connectivity index (χ3n) is 3.32. The molecule has 0 radical (unpaired) electrons. The number of anilines is 1. The normalized spacial score (nSPS) is 10.0. The van der Waals surface area contributed by atoms with Gasteiger partial charge in [-0.15, -0.1) is 0 Å². The lowest BCUT2D eigenvalue weighted by Gasteiger charge is -2.12. The SMILES string of the molecule is CCOC(=O)c1cccc(NC(=S)NCc2ccc(OCC)cc2)c1. The molecule has 0 amide bonds. The van der Waals surface area contributed by atoms with E-state index in [1.807, 2.05) is 37.3 Å². The van der Waals surface area contributed by atoms with E-state index in [1.165, 1.54) is 0 Å². The minimum absolute atomic E-state index is 0.346. The highest BCUT2D eigenvalue weighted by Gasteiger charge is 2.07. The Bertz CT molecular complexity index is 717. The topological polar surface area (TPSA) is 59.6 Å². The Morgan fingerprint density at radius 1 is 1.08 bits per heavy atom. The first-order chi connectivity index (χ1) is 12.1. The molecule has 0 bridgehead atoms. The molecular weight excluding hydrogens is 336 g/mol. The first kappa shape index (κ1) is 18.7. The molecule has 2 aromatic rings. The number of thiocarbonyl (C=S) groups is 1. The molecule has 0 spiro atoms. The first-order valence-electron chi connectivity index (χ1n) is 8.16. The highest BCUT2D eigenvalue weighted by Crippen LogP contribution is 2.13. The minimum Gasteiger partial charge on any atom is -0.494 e. The summed E-state index contributed by atoms with van der Waals surface area (Å²) in [6, 6.07) is 14.9. The Morgan fingerprint density at radius 2 is 1.84 bits per heavy atom. The van der Waals surface area contributed by atoms with E-state index in [9.17, 15) is 4.79 Å². The van der Waals surface area contributed by atoms with Gasteiger partial charge in [0, 0.05) is 12.2 Å². The van der Waals surface area contributed by atoms with E-state index in [2.05, 4.69) is 10.6 Å². The van der Waals surface area contributed by atoms with E-state index < -0.39 is 0 Å². The average Bonchev–Trinajstić information content (AvgIpc) is 2.62. The summed E-state index contributed by atoms with van der Waals surface area (Å²) in [5.74, 6) is 0.502. The van der Waals surface area contributed by atoms with Crippen LogP contribution >= 0.6 is 12.2 Å². The molecule has 0 aromatic heterocycles. The van der Waals surface area contributed by atoms with Crippen LogP contribution in [0.3, 0.4) is 0 Å². The van der Waals surface area contributed by atoms with Crippen LogP contribution in [-0.4, -0.2) is 24.3 Å². The lowest BCUT2D eigenvalue weighted by atomic mass is 10.2. The van der Waals surface area contributed by atoms with E-state index in [4.69, 9.17) is 21.7 Å². The van der Waals surface area contributed by atoms with Gasteiger partial charge in [0.15, 0.2) is 5.11 Å². The molecule has 0 atom stereocenters. The molecule has 0 saturated carbocycles. The molecule has 132 valence electrons. The summed E-state index contributed by atoms with van der Waals surface area (Å²) in [5, 5.41) is 6.69. The van der Waals surface area contributed by atoms with Crippen LogP contribution < -0.4 is 15.4 Å². The van der Waals surface area contributed by atoms with Gasteiger partial charge in [0.25, 0.3) is 0 Å².